The lowest BCUT2D eigenvalue weighted by Crippen LogP contribution is -2.42. The highest BCUT2D eigenvalue weighted by atomic mass is 16.3. The number of Topliss-reactive ketones (excluding diaryl/α,β-unsaturated/α-hetero) is 1. The largest absolute Gasteiger partial charge is 0.395 e. The normalized spacial score (nSPS) is 10.6. The van der Waals surface area contributed by atoms with Gasteiger partial charge in [-0.1, -0.05) is 30.3 Å². The van der Waals surface area contributed by atoms with Crippen LogP contribution in [-0.4, -0.2) is 26.6 Å². The number of benzene rings is 1. The second-order valence-corrected chi connectivity index (χ2v) is 4.68. The van der Waals surface area contributed by atoms with E-state index in [-0.39, 0.29) is 25.3 Å². The third kappa shape index (κ3) is 3.17. The molecule has 0 spiro atoms. The smallest absolute Gasteiger partial charge is 0.331 e. The minimum Gasteiger partial charge on any atom is -0.395 e. The quantitative estimate of drug-likeness (QED) is 0.800. The van der Waals surface area contributed by atoms with Crippen LogP contribution in [0.4, 0.5) is 0 Å². The molecule has 0 aliphatic heterocycles. The molecule has 6 nitrogen and oxygen atoms in total. The van der Waals surface area contributed by atoms with Crippen LogP contribution >= 0.6 is 0 Å². The van der Waals surface area contributed by atoms with Gasteiger partial charge in [-0.05, 0) is 12.5 Å². The number of nitrogens with zero attached hydrogens (tertiary/aromatic N) is 2. The molecule has 0 saturated carbocycles. The first kappa shape index (κ1) is 14.9. The molecule has 0 aliphatic rings. The Hall–Kier alpha value is -2.47. The molecule has 1 aromatic heterocycles. The highest BCUT2D eigenvalue weighted by Crippen LogP contribution is 2.00. The van der Waals surface area contributed by atoms with Crippen LogP contribution in [0.3, 0.4) is 0 Å². The number of aliphatic hydroxyl groups is 1. The molecule has 2 aromatic rings. The standard InChI is InChI=1S/C15H16N2O4/c1-11(19)13-10-16(7-8-18)15(21)17(14(13)20)9-12-5-3-2-4-6-12/h2-6,10,18H,7-9H2,1H3. The van der Waals surface area contributed by atoms with Crippen molar-refractivity contribution in [3.8, 4) is 0 Å². The fraction of sp³-hybridized carbons (Fsp3) is 0.267. The van der Waals surface area contributed by atoms with E-state index in [1.165, 1.54) is 17.7 Å². The average Bonchev–Trinajstić information content (AvgIpc) is 2.47. The molecule has 21 heavy (non-hydrogen) atoms. The predicted molar refractivity (Wildman–Crippen MR) is 77.6 cm³/mol. The summed E-state index contributed by atoms with van der Waals surface area (Å²) >= 11 is 0. The Morgan fingerprint density at radius 3 is 2.43 bits per heavy atom. The molecule has 2 rings (SSSR count). The van der Waals surface area contributed by atoms with E-state index in [1.54, 1.807) is 24.3 Å². The fourth-order valence-corrected chi connectivity index (χ4v) is 2.07. The van der Waals surface area contributed by atoms with Crippen LogP contribution in [0.2, 0.25) is 0 Å². The lowest BCUT2D eigenvalue weighted by Gasteiger charge is -2.11. The summed E-state index contributed by atoms with van der Waals surface area (Å²) in [6, 6.07) is 9.04. The summed E-state index contributed by atoms with van der Waals surface area (Å²) < 4.78 is 2.20. The van der Waals surface area contributed by atoms with E-state index in [0.29, 0.717) is 0 Å². The van der Waals surface area contributed by atoms with Gasteiger partial charge >= 0.3 is 5.69 Å². The van der Waals surface area contributed by atoms with Crippen molar-refractivity contribution >= 4 is 5.78 Å². The minimum absolute atomic E-state index is 0.0359. The van der Waals surface area contributed by atoms with Gasteiger partial charge in [0.1, 0.15) is 0 Å². The predicted octanol–water partition coefficient (Wildman–Crippen LogP) is 0.253. The van der Waals surface area contributed by atoms with Gasteiger partial charge in [0.2, 0.25) is 0 Å². The van der Waals surface area contributed by atoms with Crippen LogP contribution in [0.5, 0.6) is 0 Å². The van der Waals surface area contributed by atoms with Gasteiger partial charge in [-0.2, -0.15) is 0 Å². The van der Waals surface area contributed by atoms with E-state index in [9.17, 15) is 14.4 Å². The summed E-state index contributed by atoms with van der Waals surface area (Å²) in [5.74, 6) is -0.409. The van der Waals surface area contributed by atoms with E-state index in [1.807, 2.05) is 6.07 Å². The Morgan fingerprint density at radius 1 is 1.19 bits per heavy atom. The highest BCUT2D eigenvalue weighted by molar-refractivity contribution is 5.93. The second kappa shape index (κ2) is 6.32. The molecular formula is C15H16N2O4. The Morgan fingerprint density at radius 2 is 1.86 bits per heavy atom. The van der Waals surface area contributed by atoms with Gasteiger partial charge in [-0.3, -0.25) is 18.7 Å². The van der Waals surface area contributed by atoms with Gasteiger partial charge in [0.05, 0.1) is 25.3 Å². The van der Waals surface area contributed by atoms with E-state index >= 15 is 0 Å². The van der Waals surface area contributed by atoms with E-state index in [2.05, 4.69) is 0 Å². The zero-order valence-corrected chi connectivity index (χ0v) is 11.7. The summed E-state index contributed by atoms with van der Waals surface area (Å²) in [7, 11) is 0. The van der Waals surface area contributed by atoms with Crippen LogP contribution in [0, 0.1) is 0 Å². The third-order valence-electron chi connectivity index (χ3n) is 3.14. The van der Waals surface area contributed by atoms with Crippen molar-refractivity contribution in [3.63, 3.8) is 0 Å². The molecule has 0 amide bonds. The summed E-state index contributed by atoms with van der Waals surface area (Å²) in [5.41, 5.74) is -0.416. The molecular weight excluding hydrogens is 272 g/mol. The molecule has 1 heterocycles. The number of carbonyl (C=O) groups is 1. The van der Waals surface area contributed by atoms with E-state index in [4.69, 9.17) is 5.11 Å². The molecule has 0 radical (unpaired) electrons. The van der Waals surface area contributed by atoms with E-state index < -0.39 is 17.0 Å². The van der Waals surface area contributed by atoms with Crippen molar-refractivity contribution in [1.29, 1.82) is 0 Å². The highest BCUT2D eigenvalue weighted by Gasteiger charge is 2.14. The minimum atomic E-state index is -0.606. The molecule has 1 aromatic carbocycles. The van der Waals surface area contributed by atoms with Crippen molar-refractivity contribution < 1.29 is 9.90 Å². The Kier molecular flexibility index (Phi) is 4.49. The topological polar surface area (TPSA) is 81.3 Å². The monoisotopic (exact) mass is 288 g/mol. The maximum absolute atomic E-state index is 12.3. The van der Waals surface area contributed by atoms with Crippen LogP contribution in [-0.2, 0) is 13.1 Å². The van der Waals surface area contributed by atoms with Crippen molar-refractivity contribution in [2.75, 3.05) is 6.61 Å². The molecule has 0 bridgehead atoms. The zero-order valence-electron chi connectivity index (χ0n) is 11.7. The van der Waals surface area contributed by atoms with Gasteiger partial charge in [0, 0.05) is 6.20 Å². The number of carbonyl (C=O) groups excluding carboxylic acids is 1. The Bertz CT molecular complexity index is 759. The SMILES string of the molecule is CC(=O)c1cn(CCO)c(=O)n(Cc2ccccc2)c1=O. The average molecular weight is 288 g/mol. The number of hydrogen-bond donors (Lipinski definition) is 1. The van der Waals surface area contributed by atoms with Crippen LogP contribution < -0.4 is 11.2 Å². The molecule has 6 heteroatoms. The van der Waals surface area contributed by atoms with E-state index in [0.717, 1.165) is 10.1 Å². The summed E-state index contributed by atoms with van der Waals surface area (Å²) in [6.07, 6.45) is 1.21. The summed E-state index contributed by atoms with van der Waals surface area (Å²) in [4.78, 5) is 36.1. The van der Waals surface area contributed by atoms with Gasteiger partial charge in [0.25, 0.3) is 5.56 Å². The number of rotatable bonds is 5. The van der Waals surface area contributed by atoms with Gasteiger partial charge in [-0.25, -0.2) is 4.79 Å². The Labute approximate surface area is 120 Å². The van der Waals surface area contributed by atoms with Crippen LogP contribution in [0.1, 0.15) is 22.8 Å². The van der Waals surface area contributed by atoms with Gasteiger partial charge in [0.15, 0.2) is 5.78 Å². The maximum atomic E-state index is 12.3. The lowest BCUT2D eigenvalue weighted by atomic mass is 10.2. The summed E-state index contributed by atoms with van der Waals surface area (Å²) in [5, 5.41) is 8.99. The molecule has 110 valence electrons. The molecule has 0 unspecified atom stereocenters. The number of aliphatic hydroxyl groups excluding tert-OH is 1. The fourth-order valence-electron chi connectivity index (χ4n) is 2.07. The second-order valence-electron chi connectivity index (χ2n) is 4.68. The number of aromatic nitrogens is 2. The van der Waals surface area contributed by atoms with Crippen molar-refractivity contribution in [2.24, 2.45) is 0 Å². The van der Waals surface area contributed by atoms with Crippen LogP contribution in [0.15, 0.2) is 46.1 Å². The first-order chi connectivity index (χ1) is 10.0. The Balaban J connectivity index is 2.60. The first-order valence-corrected chi connectivity index (χ1v) is 6.54. The molecule has 0 fully saturated rings. The molecule has 0 aliphatic carbocycles. The lowest BCUT2D eigenvalue weighted by molar-refractivity contribution is 0.101. The van der Waals surface area contributed by atoms with Crippen molar-refractivity contribution in [1.82, 2.24) is 9.13 Å². The van der Waals surface area contributed by atoms with Crippen molar-refractivity contribution in [2.45, 2.75) is 20.0 Å². The first-order valence-electron chi connectivity index (χ1n) is 6.54. The van der Waals surface area contributed by atoms with Crippen molar-refractivity contribution in [3.05, 3.63) is 68.5 Å². The zero-order chi connectivity index (χ0) is 15.4. The number of ketones is 1. The number of hydrogen-bond acceptors (Lipinski definition) is 4. The van der Waals surface area contributed by atoms with Gasteiger partial charge in [-0.15, -0.1) is 0 Å². The van der Waals surface area contributed by atoms with Gasteiger partial charge < -0.3 is 5.11 Å². The summed E-state index contributed by atoms with van der Waals surface area (Å²) in [6.45, 7) is 1.15. The maximum Gasteiger partial charge on any atom is 0.331 e. The third-order valence-corrected chi connectivity index (χ3v) is 3.14. The molecule has 1 N–H and O–H groups in total. The van der Waals surface area contributed by atoms with Crippen LogP contribution in [0.25, 0.3) is 0 Å². The molecule has 0 atom stereocenters. The molecule has 0 saturated heterocycles.